The number of hydrogen-bond donors (Lipinski definition) is 1. The molecule has 0 saturated heterocycles. The van der Waals surface area contributed by atoms with E-state index < -0.39 is 12.8 Å². The zero-order valence-corrected chi connectivity index (χ0v) is 11.6. The zero-order valence-electron chi connectivity index (χ0n) is 11.6. The molecule has 0 bridgehead atoms. The van der Waals surface area contributed by atoms with E-state index in [0.717, 1.165) is 13.1 Å². The predicted molar refractivity (Wildman–Crippen MR) is 68.5 cm³/mol. The van der Waals surface area contributed by atoms with Crippen LogP contribution < -0.4 is 0 Å². The molecule has 17 heavy (non-hydrogen) atoms. The van der Waals surface area contributed by atoms with Gasteiger partial charge in [-0.05, 0) is 18.5 Å². The third kappa shape index (κ3) is 4.48. The summed E-state index contributed by atoms with van der Waals surface area (Å²) < 4.78 is 4.61. The van der Waals surface area contributed by atoms with E-state index in [1.54, 1.807) is 0 Å². The van der Waals surface area contributed by atoms with Crippen LogP contribution in [0.4, 0.5) is 0 Å². The molecule has 0 aliphatic heterocycles. The summed E-state index contributed by atoms with van der Waals surface area (Å²) in [6.45, 7) is 15.2. The Morgan fingerprint density at radius 3 is 2.12 bits per heavy atom. The number of likely N-dealkylation sites (N-methyl/N-ethyl adjacent to an activating group) is 1. The van der Waals surface area contributed by atoms with E-state index in [1.165, 1.54) is 0 Å². The standard InChI is InChI=1S/C13H25NO3/c1-7-14(8-2)11(13(4,5)6)10(3)12(16)17-9-15/h11,15H,3,7-9H2,1-2,4-6H3. The number of carbonyl (C=O) groups is 1. The van der Waals surface area contributed by atoms with Crippen molar-refractivity contribution in [2.24, 2.45) is 5.41 Å². The van der Waals surface area contributed by atoms with Gasteiger partial charge < -0.3 is 9.84 Å². The summed E-state index contributed by atoms with van der Waals surface area (Å²) in [6, 6.07) is -0.0865. The predicted octanol–water partition coefficient (Wildman–Crippen LogP) is 1.79. The normalized spacial score (nSPS) is 13.6. The molecule has 100 valence electrons. The fourth-order valence-electron chi connectivity index (χ4n) is 2.14. The Hall–Kier alpha value is -0.870. The van der Waals surface area contributed by atoms with E-state index in [9.17, 15) is 4.79 Å². The molecule has 0 aromatic carbocycles. The molecule has 0 aliphatic rings. The molecule has 0 amide bonds. The summed E-state index contributed by atoms with van der Waals surface area (Å²) in [4.78, 5) is 13.8. The van der Waals surface area contributed by atoms with Crippen molar-refractivity contribution in [3.8, 4) is 0 Å². The first-order valence-electron chi connectivity index (χ1n) is 6.00. The molecule has 1 unspecified atom stereocenters. The van der Waals surface area contributed by atoms with Crippen molar-refractivity contribution in [3.05, 3.63) is 12.2 Å². The third-order valence-corrected chi connectivity index (χ3v) is 2.79. The van der Waals surface area contributed by atoms with E-state index in [1.807, 2.05) is 13.8 Å². The molecule has 0 fully saturated rings. The molecule has 0 aliphatic carbocycles. The molecule has 0 aromatic rings. The molecule has 4 heteroatoms. The smallest absolute Gasteiger partial charge is 0.337 e. The maximum absolute atomic E-state index is 11.7. The average molecular weight is 243 g/mol. The minimum Gasteiger partial charge on any atom is -0.435 e. The monoisotopic (exact) mass is 243 g/mol. The highest BCUT2D eigenvalue weighted by atomic mass is 16.6. The van der Waals surface area contributed by atoms with Crippen LogP contribution in [-0.4, -0.2) is 41.9 Å². The van der Waals surface area contributed by atoms with Crippen LogP contribution in [0.1, 0.15) is 34.6 Å². The fraction of sp³-hybridized carbons (Fsp3) is 0.769. The van der Waals surface area contributed by atoms with Crippen LogP contribution >= 0.6 is 0 Å². The summed E-state index contributed by atoms with van der Waals surface area (Å²) >= 11 is 0. The summed E-state index contributed by atoms with van der Waals surface area (Å²) in [6.07, 6.45) is 0. The van der Waals surface area contributed by atoms with Gasteiger partial charge in [0.05, 0.1) is 0 Å². The molecule has 0 spiro atoms. The Morgan fingerprint density at radius 2 is 1.82 bits per heavy atom. The topological polar surface area (TPSA) is 49.8 Å². The van der Waals surface area contributed by atoms with Crippen molar-refractivity contribution in [1.29, 1.82) is 0 Å². The SMILES string of the molecule is C=C(C(=O)OCO)C(N(CC)CC)C(C)(C)C. The van der Waals surface area contributed by atoms with Gasteiger partial charge in [0.15, 0.2) is 6.79 Å². The maximum Gasteiger partial charge on any atom is 0.337 e. The minimum absolute atomic E-state index is 0.0865. The van der Waals surface area contributed by atoms with Crippen molar-refractivity contribution >= 4 is 5.97 Å². The van der Waals surface area contributed by atoms with E-state index >= 15 is 0 Å². The number of ether oxygens (including phenoxy) is 1. The number of carbonyl (C=O) groups excluding carboxylic acids is 1. The van der Waals surface area contributed by atoms with Crippen LogP contribution in [0.15, 0.2) is 12.2 Å². The lowest BCUT2D eigenvalue weighted by Crippen LogP contribution is -2.46. The Balaban J connectivity index is 5.06. The lowest BCUT2D eigenvalue weighted by molar-refractivity contribution is -0.148. The molecule has 0 rings (SSSR count). The number of hydrogen-bond acceptors (Lipinski definition) is 4. The molecule has 0 saturated carbocycles. The Morgan fingerprint density at radius 1 is 1.35 bits per heavy atom. The van der Waals surface area contributed by atoms with Gasteiger partial charge in [-0.2, -0.15) is 0 Å². The van der Waals surface area contributed by atoms with Crippen LogP contribution in [0.25, 0.3) is 0 Å². The molecule has 4 nitrogen and oxygen atoms in total. The first kappa shape index (κ1) is 16.1. The van der Waals surface area contributed by atoms with Gasteiger partial charge in [-0.25, -0.2) is 4.79 Å². The van der Waals surface area contributed by atoms with Gasteiger partial charge in [-0.15, -0.1) is 0 Å². The van der Waals surface area contributed by atoms with Crippen LogP contribution in [0.2, 0.25) is 0 Å². The summed E-state index contributed by atoms with van der Waals surface area (Å²) in [7, 11) is 0. The highest BCUT2D eigenvalue weighted by Gasteiger charge is 2.34. The van der Waals surface area contributed by atoms with Crippen LogP contribution in [0, 0.1) is 5.41 Å². The van der Waals surface area contributed by atoms with Crippen LogP contribution in [-0.2, 0) is 9.53 Å². The van der Waals surface area contributed by atoms with Crippen molar-refractivity contribution < 1.29 is 14.6 Å². The van der Waals surface area contributed by atoms with E-state index in [-0.39, 0.29) is 11.5 Å². The minimum atomic E-state index is -0.604. The highest BCUT2D eigenvalue weighted by Crippen LogP contribution is 2.29. The largest absolute Gasteiger partial charge is 0.435 e. The van der Waals surface area contributed by atoms with Gasteiger partial charge in [-0.1, -0.05) is 41.2 Å². The second-order valence-corrected chi connectivity index (χ2v) is 5.08. The van der Waals surface area contributed by atoms with Crippen LogP contribution in [0.3, 0.4) is 0 Å². The second kappa shape index (κ2) is 6.77. The first-order valence-corrected chi connectivity index (χ1v) is 6.00. The van der Waals surface area contributed by atoms with Crippen LogP contribution in [0.5, 0.6) is 0 Å². The summed E-state index contributed by atoms with van der Waals surface area (Å²) in [5.41, 5.74) is 0.285. The first-order chi connectivity index (χ1) is 7.79. The molecule has 0 heterocycles. The van der Waals surface area contributed by atoms with Gasteiger partial charge >= 0.3 is 5.97 Å². The molecular formula is C13H25NO3. The lowest BCUT2D eigenvalue weighted by atomic mass is 9.81. The van der Waals surface area contributed by atoms with E-state index in [2.05, 4.69) is 37.0 Å². The van der Waals surface area contributed by atoms with Crippen molar-refractivity contribution in [2.75, 3.05) is 19.9 Å². The number of aliphatic hydroxyl groups excluding tert-OH is 1. The number of nitrogens with zero attached hydrogens (tertiary/aromatic N) is 1. The molecule has 0 aromatic heterocycles. The maximum atomic E-state index is 11.7. The molecular weight excluding hydrogens is 218 g/mol. The van der Waals surface area contributed by atoms with Crippen molar-refractivity contribution in [2.45, 2.75) is 40.7 Å². The highest BCUT2D eigenvalue weighted by molar-refractivity contribution is 5.89. The Labute approximate surface area is 104 Å². The third-order valence-electron chi connectivity index (χ3n) is 2.79. The Kier molecular flexibility index (Phi) is 6.42. The van der Waals surface area contributed by atoms with Gasteiger partial charge in [0.2, 0.25) is 0 Å². The fourth-order valence-corrected chi connectivity index (χ4v) is 2.14. The zero-order chi connectivity index (χ0) is 13.6. The Bertz CT molecular complexity index is 264. The quantitative estimate of drug-likeness (QED) is 0.439. The number of rotatable bonds is 6. The number of aliphatic hydroxyl groups is 1. The molecule has 1 atom stereocenters. The lowest BCUT2D eigenvalue weighted by Gasteiger charge is -2.39. The van der Waals surface area contributed by atoms with Gasteiger partial charge in [0.1, 0.15) is 0 Å². The van der Waals surface area contributed by atoms with E-state index in [4.69, 9.17) is 5.11 Å². The van der Waals surface area contributed by atoms with Gasteiger partial charge in [0, 0.05) is 11.6 Å². The molecule has 1 N–H and O–H groups in total. The van der Waals surface area contributed by atoms with Crippen molar-refractivity contribution in [1.82, 2.24) is 4.90 Å². The second-order valence-electron chi connectivity index (χ2n) is 5.08. The number of esters is 1. The van der Waals surface area contributed by atoms with E-state index in [0.29, 0.717) is 5.57 Å². The summed E-state index contributed by atoms with van der Waals surface area (Å²) in [5, 5.41) is 8.63. The summed E-state index contributed by atoms with van der Waals surface area (Å²) in [5.74, 6) is -0.528. The average Bonchev–Trinajstić information content (AvgIpc) is 2.23. The molecule has 0 radical (unpaired) electrons. The van der Waals surface area contributed by atoms with Gasteiger partial charge in [-0.3, -0.25) is 4.90 Å². The van der Waals surface area contributed by atoms with Gasteiger partial charge in [0.25, 0.3) is 0 Å². The van der Waals surface area contributed by atoms with Crippen molar-refractivity contribution in [3.63, 3.8) is 0 Å².